The van der Waals surface area contributed by atoms with Gasteiger partial charge in [0.2, 0.25) is 5.78 Å². The standard InChI is InChI=1S/C19H14FN3O2S/c1-23-18(13-7-3-4-8-14(13)20)21-22-19(23)26-11-15(24)17-10-12-6-2-5-9-16(12)25-17/h2-10H,11H2,1H3. The molecule has 26 heavy (non-hydrogen) atoms. The molecular weight excluding hydrogens is 353 g/mol. The molecule has 0 bridgehead atoms. The van der Waals surface area contributed by atoms with E-state index in [-0.39, 0.29) is 17.4 Å². The van der Waals surface area contributed by atoms with Crippen molar-refractivity contribution in [2.24, 2.45) is 7.05 Å². The summed E-state index contributed by atoms with van der Waals surface area (Å²) in [6.07, 6.45) is 0. The van der Waals surface area contributed by atoms with Crippen LogP contribution in [0.3, 0.4) is 0 Å². The van der Waals surface area contributed by atoms with Gasteiger partial charge in [-0.25, -0.2) is 4.39 Å². The van der Waals surface area contributed by atoms with Gasteiger partial charge in [-0.15, -0.1) is 10.2 Å². The summed E-state index contributed by atoms with van der Waals surface area (Å²) in [6.45, 7) is 0. The van der Waals surface area contributed by atoms with Gasteiger partial charge in [0.25, 0.3) is 0 Å². The molecule has 0 aliphatic heterocycles. The van der Waals surface area contributed by atoms with Crippen molar-refractivity contribution in [3.05, 3.63) is 66.2 Å². The molecular formula is C19H14FN3O2S. The van der Waals surface area contributed by atoms with E-state index < -0.39 is 0 Å². The quantitative estimate of drug-likeness (QED) is 0.388. The van der Waals surface area contributed by atoms with Crippen LogP contribution in [0.25, 0.3) is 22.4 Å². The van der Waals surface area contributed by atoms with E-state index in [1.807, 2.05) is 24.3 Å². The molecule has 0 spiro atoms. The zero-order valence-electron chi connectivity index (χ0n) is 13.8. The number of fused-ring (bicyclic) bond motifs is 1. The number of ketones is 1. The van der Waals surface area contributed by atoms with Crippen LogP contribution in [0.15, 0.2) is 64.2 Å². The predicted molar refractivity (Wildman–Crippen MR) is 97.7 cm³/mol. The van der Waals surface area contributed by atoms with E-state index in [9.17, 15) is 9.18 Å². The van der Waals surface area contributed by atoms with Crippen LogP contribution in [0.2, 0.25) is 0 Å². The van der Waals surface area contributed by atoms with Gasteiger partial charge in [0.1, 0.15) is 11.4 Å². The molecule has 0 saturated carbocycles. The maximum absolute atomic E-state index is 13.9. The summed E-state index contributed by atoms with van der Waals surface area (Å²) in [6, 6.07) is 15.6. The molecule has 7 heteroatoms. The van der Waals surface area contributed by atoms with Crippen LogP contribution in [0, 0.1) is 5.82 Å². The number of aromatic nitrogens is 3. The summed E-state index contributed by atoms with van der Waals surface area (Å²) in [7, 11) is 1.75. The van der Waals surface area contributed by atoms with Gasteiger partial charge >= 0.3 is 0 Å². The second-order valence-electron chi connectivity index (χ2n) is 5.71. The number of nitrogens with zero attached hydrogens (tertiary/aromatic N) is 3. The van der Waals surface area contributed by atoms with E-state index in [1.165, 1.54) is 17.8 Å². The van der Waals surface area contributed by atoms with Crippen LogP contribution in [0.1, 0.15) is 10.6 Å². The maximum Gasteiger partial charge on any atom is 0.208 e. The molecule has 0 N–H and O–H groups in total. The van der Waals surface area contributed by atoms with E-state index in [1.54, 1.807) is 35.9 Å². The second-order valence-corrected chi connectivity index (χ2v) is 6.65. The molecule has 0 fully saturated rings. The van der Waals surface area contributed by atoms with Crippen molar-refractivity contribution < 1.29 is 13.6 Å². The predicted octanol–water partition coefficient (Wildman–Crippen LogP) is 4.34. The molecule has 0 unspecified atom stereocenters. The van der Waals surface area contributed by atoms with Gasteiger partial charge in [-0.3, -0.25) is 4.79 Å². The Bertz CT molecular complexity index is 1070. The highest BCUT2D eigenvalue weighted by molar-refractivity contribution is 7.99. The highest BCUT2D eigenvalue weighted by Gasteiger charge is 2.17. The number of furan rings is 1. The number of hydrogen-bond acceptors (Lipinski definition) is 5. The molecule has 0 amide bonds. The van der Waals surface area contributed by atoms with Gasteiger partial charge in [-0.05, 0) is 24.3 Å². The number of Topliss-reactive ketones (excluding diaryl/α,β-unsaturated/α-hetero) is 1. The van der Waals surface area contributed by atoms with Crippen molar-refractivity contribution in [1.29, 1.82) is 0 Å². The normalized spacial score (nSPS) is 11.2. The van der Waals surface area contributed by atoms with Crippen molar-refractivity contribution in [3.63, 3.8) is 0 Å². The Kier molecular flexibility index (Phi) is 4.30. The summed E-state index contributed by atoms with van der Waals surface area (Å²) in [5.41, 5.74) is 1.05. The monoisotopic (exact) mass is 367 g/mol. The zero-order chi connectivity index (χ0) is 18.1. The first kappa shape index (κ1) is 16.5. The first-order valence-corrected chi connectivity index (χ1v) is 8.91. The Morgan fingerprint density at radius 1 is 1.15 bits per heavy atom. The minimum absolute atomic E-state index is 0.137. The summed E-state index contributed by atoms with van der Waals surface area (Å²) in [4.78, 5) is 12.4. The number of para-hydroxylation sites is 1. The Morgan fingerprint density at radius 3 is 2.73 bits per heavy atom. The Labute approximate surface area is 152 Å². The molecule has 0 aliphatic carbocycles. The van der Waals surface area contributed by atoms with Gasteiger partial charge in [0.15, 0.2) is 16.7 Å². The average Bonchev–Trinajstić information content (AvgIpc) is 3.24. The van der Waals surface area contributed by atoms with Crippen molar-refractivity contribution in [2.45, 2.75) is 5.16 Å². The third-order valence-electron chi connectivity index (χ3n) is 3.98. The lowest BCUT2D eigenvalue weighted by Gasteiger charge is -2.04. The summed E-state index contributed by atoms with van der Waals surface area (Å²) < 4.78 is 21.2. The third-order valence-corrected chi connectivity index (χ3v) is 5.00. The summed E-state index contributed by atoms with van der Waals surface area (Å²) >= 11 is 1.24. The van der Waals surface area contributed by atoms with Gasteiger partial charge in [0.05, 0.1) is 11.3 Å². The van der Waals surface area contributed by atoms with Crippen LogP contribution in [-0.2, 0) is 7.05 Å². The fourth-order valence-electron chi connectivity index (χ4n) is 2.64. The number of benzene rings is 2. The summed E-state index contributed by atoms with van der Waals surface area (Å²) in [5.74, 6) is 0.389. The van der Waals surface area contributed by atoms with Gasteiger partial charge < -0.3 is 8.98 Å². The molecule has 2 aromatic heterocycles. The first-order chi connectivity index (χ1) is 12.6. The lowest BCUT2D eigenvalue weighted by atomic mass is 10.2. The lowest BCUT2D eigenvalue weighted by molar-refractivity contribution is 0.0994. The Hall–Kier alpha value is -2.93. The van der Waals surface area contributed by atoms with Crippen LogP contribution in [0.4, 0.5) is 4.39 Å². The number of hydrogen-bond donors (Lipinski definition) is 0. The minimum atomic E-state index is -0.363. The fourth-order valence-corrected chi connectivity index (χ4v) is 3.42. The maximum atomic E-state index is 13.9. The van der Waals surface area contributed by atoms with Crippen molar-refractivity contribution in [3.8, 4) is 11.4 Å². The van der Waals surface area contributed by atoms with Crippen molar-refractivity contribution in [2.75, 3.05) is 5.75 Å². The highest BCUT2D eigenvalue weighted by atomic mass is 32.2. The zero-order valence-corrected chi connectivity index (χ0v) is 14.7. The summed E-state index contributed by atoms with van der Waals surface area (Å²) in [5, 5.41) is 9.54. The largest absolute Gasteiger partial charge is 0.453 e. The van der Waals surface area contributed by atoms with Gasteiger partial charge in [-0.1, -0.05) is 42.1 Å². The van der Waals surface area contributed by atoms with E-state index in [2.05, 4.69) is 10.2 Å². The minimum Gasteiger partial charge on any atom is -0.453 e. The topological polar surface area (TPSA) is 60.9 Å². The molecule has 4 aromatic rings. The SMILES string of the molecule is Cn1c(SCC(=O)c2cc3ccccc3o2)nnc1-c1ccccc1F. The van der Waals surface area contributed by atoms with Crippen molar-refractivity contribution >= 4 is 28.5 Å². The van der Waals surface area contributed by atoms with E-state index >= 15 is 0 Å². The molecule has 4 rings (SSSR count). The second kappa shape index (κ2) is 6.76. The number of carbonyl (C=O) groups is 1. The Balaban J connectivity index is 1.51. The molecule has 0 saturated heterocycles. The van der Waals surface area contributed by atoms with E-state index in [0.717, 1.165) is 5.39 Å². The number of halogens is 1. The van der Waals surface area contributed by atoms with Gasteiger partial charge in [0, 0.05) is 12.4 Å². The molecule has 130 valence electrons. The van der Waals surface area contributed by atoms with Crippen molar-refractivity contribution in [1.82, 2.24) is 14.8 Å². The third kappa shape index (κ3) is 3.01. The number of rotatable bonds is 5. The van der Waals surface area contributed by atoms with Crippen LogP contribution >= 0.6 is 11.8 Å². The first-order valence-electron chi connectivity index (χ1n) is 7.92. The van der Waals surface area contributed by atoms with Crippen LogP contribution in [0.5, 0.6) is 0 Å². The van der Waals surface area contributed by atoms with Crippen LogP contribution in [-0.4, -0.2) is 26.3 Å². The lowest BCUT2D eigenvalue weighted by Crippen LogP contribution is -2.03. The molecule has 5 nitrogen and oxygen atoms in total. The smallest absolute Gasteiger partial charge is 0.208 e. The van der Waals surface area contributed by atoms with E-state index in [4.69, 9.17) is 4.42 Å². The highest BCUT2D eigenvalue weighted by Crippen LogP contribution is 2.26. The molecule has 0 radical (unpaired) electrons. The Morgan fingerprint density at radius 2 is 1.92 bits per heavy atom. The number of thioether (sulfide) groups is 1. The van der Waals surface area contributed by atoms with Gasteiger partial charge in [-0.2, -0.15) is 0 Å². The molecule has 2 aromatic carbocycles. The molecule has 0 atom stereocenters. The molecule has 0 aliphatic rings. The fraction of sp³-hybridized carbons (Fsp3) is 0.105. The average molecular weight is 367 g/mol. The van der Waals surface area contributed by atoms with E-state index in [0.29, 0.717) is 27.9 Å². The number of carbonyl (C=O) groups excluding carboxylic acids is 1. The molecule has 2 heterocycles. The van der Waals surface area contributed by atoms with Crippen LogP contribution < -0.4 is 0 Å².